The molecule has 2 unspecified atom stereocenters. The standard InChI is InChI=1S/C13H17BrN2O/c1-9-8-16(6-5-12(9)15)13(17)10-3-2-4-11(14)7-10/h2-4,7,9,12H,5-6,8,15H2,1H3. The zero-order valence-corrected chi connectivity index (χ0v) is 11.5. The number of rotatable bonds is 1. The van der Waals surface area contributed by atoms with Gasteiger partial charge in [0.05, 0.1) is 0 Å². The minimum atomic E-state index is 0.102. The van der Waals surface area contributed by atoms with Crippen molar-refractivity contribution in [2.75, 3.05) is 13.1 Å². The summed E-state index contributed by atoms with van der Waals surface area (Å²) in [5, 5.41) is 0. The van der Waals surface area contributed by atoms with E-state index in [4.69, 9.17) is 5.73 Å². The van der Waals surface area contributed by atoms with E-state index in [1.165, 1.54) is 0 Å². The first-order valence-corrected chi connectivity index (χ1v) is 6.67. The Hall–Kier alpha value is -0.870. The van der Waals surface area contributed by atoms with Crippen LogP contribution in [0.25, 0.3) is 0 Å². The Labute approximate surface area is 110 Å². The largest absolute Gasteiger partial charge is 0.338 e. The molecule has 4 heteroatoms. The normalized spacial score (nSPS) is 24.8. The van der Waals surface area contributed by atoms with E-state index in [1.807, 2.05) is 29.2 Å². The molecule has 0 aromatic heterocycles. The van der Waals surface area contributed by atoms with Gasteiger partial charge in [-0.1, -0.05) is 28.9 Å². The molecule has 1 saturated heterocycles. The number of benzene rings is 1. The van der Waals surface area contributed by atoms with Crippen LogP contribution in [0.15, 0.2) is 28.7 Å². The van der Waals surface area contributed by atoms with Gasteiger partial charge in [0.1, 0.15) is 0 Å². The number of carbonyl (C=O) groups excluding carboxylic acids is 1. The van der Waals surface area contributed by atoms with Gasteiger partial charge in [-0.3, -0.25) is 4.79 Å². The summed E-state index contributed by atoms with van der Waals surface area (Å²) in [6, 6.07) is 7.75. The average Bonchev–Trinajstić information content (AvgIpc) is 2.32. The highest BCUT2D eigenvalue weighted by Gasteiger charge is 2.26. The van der Waals surface area contributed by atoms with Crippen LogP contribution in [-0.2, 0) is 0 Å². The van der Waals surface area contributed by atoms with Crippen LogP contribution in [0.1, 0.15) is 23.7 Å². The predicted molar refractivity (Wildman–Crippen MR) is 71.8 cm³/mol. The summed E-state index contributed by atoms with van der Waals surface area (Å²) in [7, 11) is 0. The highest BCUT2D eigenvalue weighted by molar-refractivity contribution is 9.10. The van der Waals surface area contributed by atoms with E-state index in [0.29, 0.717) is 5.92 Å². The van der Waals surface area contributed by atoms with Gasteiger partial charge in [-0.05, 0) is 30.5 Å². The molecule has 0 spiro atoms. The van der Waals surface area contributed by atoms with E-state index in [2.05, 4.69) is 22.9 Å². The number of nitrogens with two attached hydrogens (primary N) is 1. The minimum Gasteiger partial charge on any atom is -0.338 e. The lowest BCUT2D eigenvalue weighted by atomic mass is 9.94. The zero-order valence-electron chi connectivity index (χ0n) is 9.90. The second-order valence-corrected chi connectivity index (χ2v) is 5.61. The van der Waals surface area contributed by atoms with Gasteiger partial charge in [0.25, 0.3) is 5.91 Å². The third-order valence-corrected chi connectivity index (χ3v) is 3.82. The SMILES string of the molecule is CC1CN(C(=O)c2cccc(Br)c2)CCC1N. The maximum Gasteiger partial charge on any atom is 0.253 e. The second-order valence-electron chi connectivity index (χ2n) is 4.69. The predicted octanol–water partition coefficient (Wildman–Crippen LogP) is 2.26. The van der Waals surface area contributed by atoms with Crippen LogP contribution in [0.5, 0.6) is 0 Å². The van der Waals surface area contributed by atoms with Gasteiger partial charge in [-0.2, -0.15) is 0 Å². The highest BCUT2D eigenvalue weighted by Crippen LogP contribution is 2.19. The van der Waals surface area contributed by atoms with Crippen molar-refractivity contribution in [3.05, 3.63) is 34.3 Å². The summed E-state index contributed by atoms with van der Waals surface area (Å²) in [5.74, 6) is 0.477. The first kappa shape index (κ1) is 12.6. The van der Waals surface area contributed by atoms with Crippen molar-refractivity contribution in [2.45, 2.75) is 19.4 Å². The van der Waals surface area contributed by atoms with Crippen molar-refractivity contribution >= 4 is 21.8 Å². The molecule has 0 bridgehead atoms. The van der Waals surface area contributed by atoms with Gasteiger partial charge in [0.2, 0.25) is 0 Å². The smallest absolute Gasteiger partial charge is 0.253 e. The number of nitrogens with zero attached hydrogens (tertiary/aromatic N) is 1. The first-order valence-electron chi connectivity index (χ1n) is 5.88. The van der Waals surface area contributed by atoms with Crippen LogP contribution in [0, 0.1) is 5.92 Å². The summed E-state index contributed by atoms with van der Waals surface area (Å²) in [4.78, 5) is 14.2. The Morgan fingerprint density at radius 1 is 1.53 bits per heavy atom. The number of amides is 1. The van der Waals surface area contributed by atoms with Crippen molar-refractivity contribution in [2.24, 2.45) is 11.7 Å². The van der Waals surface area contributed by atoms with Crippen molar-refractivity contribution < 1.29 is 4.79 Å². The molecule has 0 saturated carbocycles. The maximum absolute atomic E-state index is 12.3. The summed E-state index contributed by atoms with van der Waals surface area (Å²) in [6.45, 7) is 3.62. The minimum absolute atomic E-state index is 0.102. The highest BCUT2D eigenvalue weighted by atomic mass is 79.9. The molecule has 1 aliphatic heterocycles. The lowest BCUT2D eigenvalue weighted by Crippen LogP contribution is -2.48. The molecule has 17 heavy (non-hydrogen) atoms. The molecule has 3 nitrogen and oxygen atoms in total. The fraction of sp³-hybridized carbons (Fsp3) is 0.462. The Morgan fingerprint density at radius 2 is 2.29 bits per heavy atom. The number of piperidine rings is 1. The van der Waals surface area contributed by atoms with Crippen LogP contribution < -0.4 is 5.73 Å². The van der Waals surface area contributed by atoms with E-state index in [-0.39, 0.29) is 11.9 Å². The molecule has 1 amide bonds. The number of likely N-dealkylation sites (tertiary alicyclic amines) is 1. The van der Waals surface area contributed by atoms with Gasteiger partial charge in [0, 0.05) is 29.2 Å². The lowest BCUT2D eigenvalue weighted by molar-refractivity contribution is 0.0664. The van der Waals surface area contributed by atoms with Gasteiger partial charge in [-0.25, -0.2) is 0 Å². The maximum atomic E-state index is 12.3. The monoisotopic (exact) mass is 296 g/mol. The Morgan fingerprint density at radius 3 is 2.94 bits per heavy atom. The quantitative estimate of drug-likeness (QED) is 0.864. The van der Waals surface area contributed by atoms with Crippen LogP contribution >= 0.6 is 15.9 Å². The van der Waals surface area contributed by atoms with Crippen molar-refractivity contribution in [1.82, 2.24) is 4.90 Å². The summed E-state index contributed by atoms with van der Waals surface area (Å²) in [5.41, 5.74) is 6.70. The number of hydrogen-bond acceptors (Lipinski definition) is 2. The molecule has 1 fully saturated rings. The molecule has 2 atom stereocenters. The van der Waals surface area contributed by atoms with Crippen LogP contribution in [0.3, 0.4) is 0 Å². The van der Waals surface area contributed by atoms with Gasteiger partial charge in [0.15, 0.2) is 0 Å². The van der Waals surface area contributed by atoms with Gasteiger partial charge >= 0.3 is 0 Å². The summed E-state index contributed by atoms with van der Waals surface area (Å²) >= 11 is 3.39. The Kier molecular flexibility index (Phi) is 3.84. The Bertz CT molecular complexity index is 422. The third kappa shape index (κ3) is 2.87. The molecular weight excluding hydrogens is 280 g/mol. The molecule has 2 N–H and O–H groups in total. The topological polar surface area (TPSA) is 46.3 Å². The Balaban J connectivity index is 2.10. The summed E-state index contributed by atoms with van der Waals surface area (Å²) in [6.07, 6.45) is 0.890. The van der Waals surface area contributed by atoms with Gasteiger partial charge < -0.3 is 10.6 Å². The average molecular weight is 297 g/mol. The third-order valence-electron chi connectivity index (χ3n) is 3.33. The molecule has 1 aromatic rings. The van der Waals surface area contributed by atoms with Crippen LogP contribution in [-0.4, -0.2) is 29.9 Å². The fourth-order valence-electron chi connectivity index (χ4n) is 2.15. The fourth-order valence-corrected chi connectivity index (χ4v) is 2.55. The lowest BCUT2D eigenvalue weighted by Gasteiger charge is -2.35. The van der Waals surface area contributed by atoms with Crippen molar-refractivity contribution in [3.8, 4) is 0 Å². The summed E-state index contributed by atoms with van der Waals surface area (Å²) < 4.78 is 0.935. The molecule has 1 heterocycles. The molecule has 2 rings (SSSR count). The number of halogens is 1. The number of hydrogen-bond donors (Lipinski definition) is 1. The molecule has 1 aromatic carbocycles. The second kappa shape index (κ2) is 5.19. The molecule has 0 radical (unpaired) electrons. The van der Waals surface area contributed by atoms with Crippen molar-refractivity contribution in [1.29, 1.82) is 0 Å². The van der Waals surface area contributed by atoms with E-state index in [0.717, 1.165) is 29.5 Å². The number of carbonyl (C=O) groups is 1. The van der Waals surface area contributed by atoms with E-state index < -0.39 is 0 Å². The van der Waals surface area contributed by atoms with Crippen molar-refractivity contribution in [3.63, 3.8) is 0 Å². The molecular formula is C13H17BrN2O. The molecule has 1 aliphatic rings. The zero-order chi connectivity index (χ0) is 12.4. The van der Waals surface area contributed by atoms with E-state index >= 15 is 0 Å². The van der Waals surface area contributed by atoms with Crippen LogP contribution in [0.2, 0.25) is 0 Å². The van der Waals surface area contributed by atoms with E-state index in [1.54, 1.807) is 0 Å². The van der Waals surface area contributed by atoms with Crippen LogP contribution in [0.4, 0.5) is 0 Å². The van der Waals surface area contributed by atoms with Gasteiger partial charge in [-0.15, -0.1) is 0 Å². The molecule has 92 valence electrons. The molecule has 0 aliphatic carbocycles. The first-order chi connectivity index (χ1) is 8.08. The van der Waals surface area contributed by atoms with E-state index in [9.17, 15) is 4.79 Å².